The molecule has 1 heterocycles. The molecule has 3 heteroatoms. The molecule has 0 fully saturated rings. The monoisotopic (exact) mass is 193 g/mol. The van der Waals surface area contributed by atoms with Crippen LogP contribution in [0, 0.1) is 0 Å². The van der Waals surface area contributed by atoms with Crippen molar-refractivity contribution in [2.24, 2.45) is 0 Å². The van der Waals surface area contributed by atoms with Gasteiger partial charge in [-0.1, -0.05) is 26.8 Å². The van der Waals surface area contributed by atoms with Gasteiger partial charge in [0.25, 0.3) is 0 Å². The van der Waals surface area contributed by atoms with Gasteiger partial charge in [0.15, 0.2) is 5.58 Å². The molecule has 0 amide bonds. The molecule has 0 spiro atoms. The summed E-state index contributed by atoms with van der Waals surface area (Å²) in [5.41, 5.74) is 2.59. The van der Waals surface area contributed by atoms with Crippen molar-refractivity contribution in [3.8, 4) is 0 Å². The molecule has 0 aliphatic rings. The fourth-order valence-corrected chi connectivity index (χ4v) is 1.22. The number of aromatic nitrogens is 1. The van der Waals surface area contributed by atoms with Crippen molar-refractivity contribution in [3.05, 3.63) is 34.3 Å². The molecule has 0 bridgehead atoms. The van der Waals surface area contributed by atoms with E-state index in [9.17, 15) is 4.79 Å². The van der Waals surface area contributed by atoms with Gasteiger partial charge >= 0.3 is 5.76 Å². The van der Waals surface area contributed by atoms with Crippen LogP contribution >= 0.6 is 0 Å². The van der Waals surface area contributed by atoms with Gasteiger partial charge in [-0.25, -0.2) is 4.79 Å². The zero-order valence-electron chi connectivity index (χ0n) is 8.76. The summed E-state index contributed by atoms with van der Waals surface area (Å²) in [6.45, 7) is 6.07. The third-order valence-corrected chi connectivity index (χ3v) is 1.89. The molecule has 14 heavy (non-hydrogen) atoms. The highest BCUT2D eigenvalue weighted by Gasteiger charge is 1.99. The van der Waals surface area contributed by atoms with Crippen molar-refractivity contribution < 1.29 is 4.42 Å². The number of hydrogen-bond donors (Lipinski definition) is 1. The van der Waals surface area contributed by atoms with Gasteiger partial charge < -0.3 is 4.42 Å². The third kappa shape index (κ3) is 2.05. The van der Waals surface area contributed by atoms with E-state index in [4.69, 9.17) is 4.42 Å². The molecule has 1 aromatic carbocycles. The topological polar surface area (TPSA) is 46.0 Å². The molecule has 0 atom stereocenters. The zero-order valence-corrected chi connectivity index (χ0v) is 8.76. The van der Waals surface area contributed by atoms with Crippen LogP contribution in [0.25, 0.3) is 11.1 Å². The SMILES string of the molecule is CC.CCc1ccc2oc(=O)[nH]c2c1. The normalized spacial score (nSPS) is 9.64. The molecule has 0 saturated carbocycles. The summed E-state index contributed by atoms with van der Waals surface area (Å²) in [4.78, 5) is 13.4. The van der Waals surface area contributed by atoms with Crippen LogP contribution in [0.5, 0.6) is 0 Å². The van der Waals surface area contributed by atoms with E-state index in [1.54, 1.807) is 0 Å². The lowest BCUT2D eigenvalue weighted by Gasteiger charge is -1.92. The van der Waals surface area contributed by atoms with Gasteiger partial charge in [0.05, 0.1) is 5.52 Å². The second-order valence-corrected chi connectivity index (χ2v) is 2.70. The van der Waals surface area contributed by atoms with Gasteiger partial charge in [-0.3, -0.25) is 4.98 Å². The first-order valence-corrected chi connectivity index (χ1v) is 4.91. The fourth-order valence-electron chi connectivity index (χ4n) is 1.22. The number of aromatic amines is 1. The molecule has 1 N–H and O–H groups in total. The summed E-state index contributed by atoms with van der Waals surface area (Å²) >= 11 is 0. The molecule has 76 valence electrons. The van der Waals surface area contributed by atoms with Crippen LogP contribution < -0.4 is 5.76 Å². The van der Waals surface area contributed by atoms with Crippen molar-refractivity contribution >= 4 is 11.1 Å². The largest absolute Gasteiger partial charge is 0.417 e. The number of hydrogen-bond acceptors (Lipinski definition) is 2. The Labute approximate surface area is 82.8 Å². The van der Waals surface area contributed by atoms with E-state index >= 15 is 0 Å². The second-order valence-electron chi connectivity index (χ2n) is 2.70. The first-order valence-electron chi connectivity index (χ1n) is 4.91. The van der Waals surface area contributed by atoms with E-state index in [-0.39, 0.29) is 0 Å². The van der Waals surface area contributed by atoms with E-state index in [0.717, 1.165) is 11.9 Å². The van der Waals surface area contributed by atoms with Crippen LogP contribution in [-0.2, 0) is 6.42 Å². The van der Waals surface area contributed by atoms with Crippen molar-refractivity contribution in [2.75, 3.05) is 0 Å². The lowest BCUT2D eigenvalue weighted by Crippen LogP contribution is -1.92. The highest BCUT2D eigenvalue weighted by Crippen LogP contribution is 2.11. The molecule has 1 aromatic heterocycles. The second kappa shape index (κ2) is 4.65. The molecular weight excluding hydrogens is 178 g/mol. The number of H-pyrrole nitrogens is 1. The van der Waals surface area contributed by atoms with Crippen LogP contribution in [0.2, 0.25) is 0 Å². The lowest BCUT2D eigenvalue weighted by atomic mass is 10.1. The number of fused-ring (bicyclic) bond motifs is 1. The number of oxazole rings is 1. The Bertz CT molecular complexity index is 454. The number of rotatable bonds is 1. The zero-order chi connectivity index (χ0) is 10.6. The van der Waals surface area contributed by atoms with Gasteiger partial charge in [-0.2, -0.15) is 0 Å². The minimum atomic E-state index is -0.391. The van der Waals surface area contributed by atoms with E-state index in [2.05, 4.69) is 11.9 Å². The number of nitrogens with one attached hydrogen (secondary N) is 1. The average molecular weight is 193 g/mol. The van der Waals surface area contributed by atoms with Crippen molar-refractivity contribution in [1.29, 1.82) is 0 Å². The van der Waals surface area contributed by atoms with Crippen LogP contribution in [-0.4, -0.2) is 4.98 Å². The maximum Gasteiger partial charge on any atom is 0.417 e. The number of benzene rings is 1. The van der Waals surface area contributed by atoms with Gasteiger partial charge in [0, 0.05) is 0 Å². The quantitative estimate of drug-likeness (QED) is 0.756. The van der Waals surface area contributed by atoms with E-state index in [1.807, 2.05) is 32.0 Å². The van der Waals surface area contributed by atoms with E-state index in [1.165, 1.54) is 5.56 Å². The summed E-state index contributed by atoms with van der Waals surface area (Å²) in [6, 6.07) is 5.70. The summed E-state index contributed by atoms with van der Waals surface area (Å²) < 4.78 is 4.86. The fraction of sp³-hybridized carbons (Fsp3) is 0.364. The minimum Gasteiger partial charge on any atom is -0.408 e. The molecule has 0 aliphatic carbocycles. The lowest BCUT2D eigenvalue weighted by molar-refractivity contribution is 0.555. The standard InChI is InChI=1S/C9H9NO2.C2H6/c1-2-6-3-4-8-7(5-6)10-9(11)12-8;1-2/h3-5H,2H2,1H3,(H,10,11);1-2H3. The Morgan fingerprint density at radius 2 is 2.07 bits per heavy atom. The van der Waals surface area contributed by atoms with Gasteiger partial charge in [-0.15, -0.1) is 0 Å². The molecule has 0 aliphatic heterocycles. The Morgan fingerprint density at radius 1 is 1.36 bits per heavy atom. The van der Waals surface area contributed by atoms with Crippen molar-refractivity contribution in [3.63, 3.8) is 0 Å². The number of aryl methyl sites for hydroxylation is 1. The highest BCUT2D eigenvalue weighted by molar-refractivity contribution is 5.72. The van der Waals surface area contributed by atoms with E-state index < -0.39 is 5.76 Å². The van der Waals surface area contributed by atoms with E-state index in [0.29, 0.717) is 5.58 Å². The highest BCUT2D eigenvalue weighted by atomic mass is 16.4. The molecule has 2 rings (SSSR count). The van der Waals surface area contributed by atoms with Gasteiger partial charge in [0.1, 0.15) is 0 Å². The maximum absolute atomic E-state index is 10.8. The Balaban J connectivity index is 0.000000461. The van der Waals surface area contributed by atoms with Gasteiger partial charge in [-0.05, 0) is 24.1 Å². The summed E-state index contributed by atoms with van der Waals surface area (Å²) in [5, 5.41) is 0. The van der Waals surface area contributed by atoms with Crippen LogP contribution in [0.3, 0.4) is 0 Å². The predicted octanol–water partition coefficient (Wildman–Crippen LogP) is 2.71. The summed E-state index contributed by atoms with van der Waals surface area (Å²) in [7, 11) is 0. The Morgan fingerprint density at radius 3 is 2.71 bits per heavy atom. The minimum absolute atomic E-state index is 0.391. The Hall–Kier alpha value is -1.51. The van der Waals surface area contributed by atoms with Crippen molar-refractivity contribution in [2.45, 2.75) is 27.2 Å². The van der Waals surface area contributed by atoms with Crippen molar-refractivity contribution in [1.82, 2.24) is 4.98 Å². The smallest absolute Gasteiger partial charge is 0.408 e. The average Bonchev–Trinajstić information content (AvgIpc) is 2.59. The molecule has 3 nitrogen and oxygen atoms in total. The van der Waals surface area contributed by atoms with Crippen LogP contribution in [0.4, 0.5) is 0 Å². The van der Waals surface area contributed by atoms with Crippen LogP contribution in [0.15, 0.2) is 27.4 Å². The first-order chi connectivity index (χ1) is 6.79. The van der Waals surface area contributed by atoms with Gasteiger partial charge in [0.2, 0.25) is 0 Å². The summed E-state index contributed by atoms with van der Waals surface area (Å²) in [5.74, 6) is -0.391. The molecular formula is C11H15NO2. The predicted molar refractivity (Wildman–Crippen MR) is 57.6 cm³/mol. The molecule has 0 saturated heterocycles. The summed E-state index contributed by atoms with van der Waals surface area (Å²) in [6.07, 6.45) is 0.961. The maximum atomic E-state index is 10.8. The first kappa shape index (κ1) is 10.6. The Kier molecular flexibility index (Phi) is 3.51. The molecule has 2 aromatic rings. The van der Waals surface area contributed by atoms with Crippen LogP contribution in [0.1, 0.15) is 26.3 Å². The third-order valence-electron chi connectivity index (χ3n) is 1.89. The molecule has 0 unspecified atom stereocenters. The molecule has 0 radical (unpaired) electrons.